The van der Waals surface area contributed by atoms with Gasteiger partial charge in [0.15, 0.2) is 5.82 Å². The van der Waals surface area contributed by atoms with Crippen LogP contribution in [0.3, 0.4) is 0 Å². The summed E-state index contributed by atoms with van der Waals surface area (Å²) in [5, 5.41) is 4.38. The van der Waals surface area contributed by atoms with Crippen LogP contribution >= 0.6 is 11.9 Å². The zero-order valence-electron chi connectivity index (χ0n) is 22.2. The van der Waals surface area contributed by atoms with Gasteiger partial charge in [0.1, 0.15) is 5.82 Å². The van der Waals surface area contributed by atoms with Crippen molar-refractivity contribution < 1.29 is 22.7 Å². The predicted molar refractivity (Wildman–Crippen MR) is 144 cm³/mol. The van der Waals surface area contributed by atoms with Crippen molar-refractivity contribution in [3.8, 4) is 11.7 Å². The Bertz CT molecular complexity index is 1320. The van der Waals surface area contributed by atoms with Gasteiger partial charge < -0.3 is 9.64 Å². The van der Waals surface area contributed by atoms with Crippen LogP contribution in [0.1, 0.15) is 56.8 Å². The summed E-state index contributed by atoms with van der Waals surface area (Å²) in [4.78, 5) is 21.2. The largest absolute Gasteiger partial charge is 0.477 e. The Morgan fingerprint density at radius 1 is 1.15 bits per heavy atom. The zero-order chi connectivity index (χ0) is 27.8. The molecule has 0 unspecified atom stereocenters. The second-order valence-electron chi connectivity index (χ2n) is 11.1. The zero-order valence-corrected chi connectivity index (χ0v) is 23.0. The molecule has 3 aromatic rings. The smallest absolute Gasteiger partial charge is 0.394 e. The molecule has 1 saturated heterocycles. The molecule has 39 heavy (non-hydrogen) atoms. The molecule has 1 N–H and O–H groups in total. The van der Waals surface area contributed by atoms with E-state index in [0.29, 0.717) is 23.1 Å². The number of pyridine rings is 1. The van der Waals surface area contributed by atoms with E-state index < -0.39 is 11.6 Å². The van der Waals surface area contributed by atoms with Gasteiger partial charge in [-0.3, -0.25) is 9.52 Å². The van der Waals surface area contributed by atoms with Crippen LogP contribution in [0.4, 0.5) is 19.0 Å². The number of hydrogen-bond donors (Lipinski definition) is 1. The number of halogens is 3. The van der Waals surface area contributed by atoms with E-state index in [1.54, 1.807) is 24.4 Å². The average Bonchev–Trinajstić information content (AvgIpc) is 3.46. The van der Waals surface area contributed by atoms with Crippen molar-refractivity contribution in [2.24, 2.45) is 11.3 Å². The maximum absolute atomic E-state index is 13.3. The fourth-order valence-electron chi connectivity index (χ4n) is 5.25. The number of rotatable bonds is 9. The van der Waals surface area contributed by atoms with Crippen molar-refractivity contribution in [1.29, 1.82) is 0 Å². The summed E-state index contributed by atoms with van der Waals surface area (Å²) in [6.07, 6.45) is -1.38. The summed E-state index contributed by atoms with van der Waals surface area (Å²) in [5.41, 5.74) is -1.36. The Morgan fingerprint density at radius 3 is 2.54 bits per heavy atom. The van der Waals surface area contributed by atoms with Crippen LogP contribution < -0.4 is 14.4 Å². The van der Waals surface area contributed by atoms with Crippen LogP contribution in [0.15, 0.2) is 59.6 Å². The lowest BCUT2D eigenvalue weighted by Crippen LogP contribution is -2.40. The fraction of sp³-hybridized carbons (Fsp3) is 0.464. The molecule has 1 saturated carbocycles. The highest BCUT2D eigenvalue weighted by Gasteiger charge is 2.62. The molecule has 7 nitrogen and oxygen atoms in total. The van der Waals surface area contributed by atoms with Crippen molar-refractivity contribution in [3.63, 3.8) is 0 Å². The minimum atomic E-state index is -4.20. The fourth-order valence-corrected chi connectivity index (χ4v) is 5.86. The number of hydrogen-bond acceptors (Lipinski definition) is 6. The van der Waals surface area contributed by atoms with Gasteiger partial charge in [-0.05, 0) is 81.7 Å². The first-order valence-electron chi connectivity index (χ1n) is 13.0. The molecule has 0 bridgehead atoms. The maximum Gasteiger partial charge on any atom is 0.394 e. The molecule has 208 valence electrons. The molecule has 1 aliphatic carbocycles. The minimum Gasteiger partial charge on any atom is -0.477 e. The Kier molecular flexibility index (Phi) is 7.30. The third kappa shape index (κ3) is 5.88. The standard InChI is InChI=1S/C28H32F3N5O2S/c1-19-17-26(2,3)35(18-19)24-21(25(37)34-39-20-7-5-4-6-8-20)9-10-22(32-24)36-15-11-23(33-36)38-16-14-27(12-13-27)28(29,30)31/h4-11,15,19H,12-14,16-18H2,1-3H3,(H,34,37)/t19-/m0/s1. The molecule has 1 aromatic carbocycles. The number of ether oxygens (including phenoxy) is 1. The summed E-state index contributed by atoms with van der Waals surface area (Å²) in [5.74, 6) is 1.45. The quantitative estimate of drug-likeness (QED) is 0.304. The van der Waals surface area contributed by atoms with Crippen LogP contribution in [0.25, 0.3) is 5.82 Å². The summed E-state index contributed by atoms with van der Waals surface area (Å²) in [6.45, 7) is 7.15. The average molecular weight is 560 g/mol. The summed E-state index contributed by atoms with van der Waals surface area (Å²) < 4.78 is 49.6. The van der Waals surface area contributed by atoms with Gasteiger partial charge in [-0.25, -0.2) is 9.67 Å². The summed E-state index contributed by atoms with van der Waals surface area (Å²) in [6, 6.07) is 14.6. The highest BCUT2D eigenvalue weighted by atomic mass is 32.2. The maximum atomic E-state index is 13.3. The molecule has 1 amide bonds. The Labute approximate surface area is 230 Å². The number of alkyl halides is 3. The van der Waals surface area contributed by atoms with Crippen LogP contribution in [-0.2, 0) is 0 Å². The van der Waals surface area contributed by atoms with Gasteiger partial charge >= 0.3 is 6.18 Å². The van der Waals surface area contributed by atoms with Crippen LogP contribution in [-0.4, -0.2) is 45.5 Å². The molecule has 2 aromatic heterocycles. The third-order valence-electron chi connectivity index (χ3n) is 7.52. The first-order chi connectivity index (χ1) is 18.5. The minimum absolute atomic E-state index is 0.0623. The number of aromatic nitrogens is 3. The Morgan fingerprint density at radius 2 is 1.90 bits per heavy atom. The number of carbonyl (C=O) groups excluding carboxylic acids is 1. The summed E-state index contributed by atoms with van der Waals surface area (Å²) >= 11 is 1.24. The van der Waals surface area contributed by atoms with E-state index in [9.17, 15) is 18.0 Å². The molecule has 2 fully saturated rings. The van der Waals surface area contributed by atoms with E-state index in [2.05, 4.69) is 35.5 Å². The summed E-state index contributed by atoms with van der Waals surface area (Å²) in [7, 11) is 0. The number of nitrogens with zero attached hydrogens (tertiary/aromatic N) is 4. The lowest BCUT2D eigenvalue weighted by atomic mass is 9.97. The molecule has 1 atom stereocenters. The van der Waals surface area contributed by atoms with E-state index >= 15 is 0 Å². The topological polar surface area (TPSA) is 72.3 Å². The van der Waals surface area contributed by atoms with E-state index in [0.717, 1.165) is 17.9 Å². The van der Waals surface area contributed by atoms with Crippen LogP contribution in [0.5, 0.6) is 5.88 Å². The lowest BCUT2D eigenvalue weighted by molar-refractivity contribution is -0.190. The molecule has 5 rings (SSSR count). The van der Waals surface area contributed by atoms with E-state index in [4.69, 9.17) is 9.72 Å². The van der Waals surface area contributed by atoms with Crippen molar-refractivity contribution >= 4 is 23.7 Å². The normalized spacial score (nSPS) is 19.6. The number of anilines is 1. The second-order valence-corrected chi connectivity index (χ2v) is 12.0. The molecule has 3 heterocycles. The molecular weight excluding hydrogens is 527 g/mol. The Hall–Kier alpha value is -3.21. The first kappa shape index (κ1) is 27.4. The van der Waals surface area contributed by atoms with Crippen molar-refractivity contribution in [3.05, 3.63) is 60.3 Å². The number of amides is 1. The molecule has 11 heteroatoms. The molecule has 0 spiro atoms. The van der Waals surface area contributed by atoms with Gasteiger partial charge in [0.25, 0.3) is 5.91 Å². The lowest BCUT2D eigenvalue weighted by Gasteiger charge is -2.34. The molecule has 1 aliphatic heterocycles. The number of benzene rings is 1. The molecular formula is C28H32F3N5O2S. The Balaban J connectivity index is 1.35. The SMILES string of the molecule is C[C@@H]1CN(c2nc(-n3ccc(OCCC4(C(F)(F)F)CC4)n3)ccc2C(=O)NSc2ccccc2)C(C)(C)C1. The van der Waals surface area contributed by atoms with Gasteiger partial charge in [0, 0.05) is 29.2 Å². The highest BCUT2D eigenvalue weighted by Crippen LogP contribution is 2.59. The van der Waals surface area contributed by atoms with Gasteiger partial charge in [0.05, 0.1) is 17.6 Å². The van der Waals surface area contributed by atoms with Gasteiger partial charge in [0.2, 0.25) is 5.88 Å². The molecule has 0 radical (unpaired) electrons. The van der Waals surface area contributed by atoms with E-state index in [1.807, 2.05) is 30.3 Å². The van der Waals surface area contributed by atoms with Gasteiger partial charge in [-0.2, -0.15) is 13.2 Å². The van der Waals surface area contributed by atoms with Gasteiger partial charge in [-0.1, -0.05) is 25.1 Å². The first-order valence-corrected chi connectivity index (χ1v) is 13.9. The monoisotopic (exact) mass is 559 g/mol. The van der Waals surface area contributed by atoms with Crippen molar-refractivity contribution in [2.75, 3.05) is 18.1 Å². The van der Waals surface area contributed by atoms with E-state index in [1.165, 1.54) is 16.6 Å². The molecule has 2 aliphatic rings. The third-order valence-corrected chi connectivity index (χ3v) is 8.32. The van der Waals surface area contributed by atoms with Gasteiger partial charge in [-0.15, -0.1) is 5.10 Å². The number of nitrogens with one attached hydrogen (secondary N) is 1. The second kappa shape index (κ2) is 10.4. The van der Waals surface area contributed by atoms with Crippen LogP contribution in [0, 0.1) is 11.3 Å². The predicted octanol–water partition coefficient (Wildman–Crippen LogP) is 6.44. The number of carbonyl (C=O) groups is 1. The highest BCUT2D eigenvalue weighted by molar-refractivity contribution is 7.98. The van der Waals surface area contributed by atoms with E-state index in [-0.39, 0.29) is 43.2 Å². The van der Waals surface area contributed by atoms with Crippen molar-refractivity contribution in [2.45, 2.75) is 63.1 Å². The van der Waals surface area contributed by atoms with Crippen molar-refractivity contribution in [1.82, 2.24) is 19.5 Å². The van der Waals surface area contributed by atoms with Crippen LogP contribution in [0.2, 0.25) is 0 Å².